The summed E-state index contributed by atoms with van der Waals surface area (Å²) in [6.45, 7) is 0. The Morgan fingerprint density at radius 3 is 2.55 bits per heavy atom. The highest BCUT2D eigenvalue weighted by Crippen LogP contribution is 2.40. The third kappa shape index (κ3) is 2.20. The van der Waals surface area contributed by atoms with Crippen molar-refractivity contribution in [1.29, 1.82) is 0 Å². The summed E-state index contributed by atoms with van der Waals surface area (Å²) in [7, 11) is 1.43. The standard InChI is InChI=1S/C16H12O6/c1-21-12-3-2-8(4-10(12)18)5-14-16(20)15-11(19)6-9(17)7-13(15)22-14/h2-7,17-19H,1H3. The molecule has 0 aromatic heterocycles. The van der Waals surface area contributed by atoms with Gasteiger partial charge in [0, 0.05) is 12.1 Å². The molecule has 0 spiro atoms. The minimum Gasteiger partial charge on any atom is -0.508 e. The average molecular weight is 300 g/mol. The van der Waals surface area contributed by atoms with Crippen molar-refractivity contribution in [3.8, 4) is 28.7 Å². The van der Waals surface area contributed by atoms with Gasteiger partial charge in [0.1, 0.15) is 22.8 Å². The Hall–Kier alpha value is -3.15. The van der Waals surface area contributed by atoms with Gasteiger partial charge in [-0.05, 0) is 23.8 Å². The van der Waals surface area contributed by atoms with Crippen LogP contribution in [0.1, 0.15) is 15.9 Å². The average Bonchev–Trinajstić information content (AvgIpc) is 2.75. The molecule has 2 aromatic rings. The van der Waals surface area contributed by atoms with Crippen LogP contribution in [-0.4, -0.2) is 28.2 Å². The van der Waals surface area contributed by atoms with E-state index < -0.39 is 5.78 Å². The van der Waals surface area contributed by atoms with Gasteiger partial charge in [0.25, 0.3) is 0 Å². The number of aromatic hydroxyl groups is 3. The molecule has 6 heteroatoms. The topological polar surface area (TPSA) is 96.2 Å². The molecule has 0 bridgehead atoms. The van der Waals surface area contributed by atoms with Crippen LogP contribution in [0, 0.1) is 0 Å². The maximum atomic E-state index is 12.2. The summed E-state index contributed by atoms with van der Waals surface area (Å²) < 4.78 is 10.3. The van der Waals surface area contributed by atoms with Crippen molar-refractivity contribution in [2.75, 3.05) is 7.11 Å². The van der Waals surface area contributed by atoms with E-state index in [0.29, 0.717) is 11.3 Å². The predicted molar refractivity (Wildman–Crippen MR) is 77.4 cm³/mol. The Balaban J connectivity index is 1.99. The first-order chi connectivity index (χ1) is 10.5. The summed E-state index contributed by atoms with van der Waals surface area (Å²) in [4.78, 5) is 12.2. The molecule has 1 aliphatic heterocycles. The molecule has 3 N–H and O–H groups in total. The summed E-state index contributed by atoms with van der Waals surface area (Å²) in [5, 5.41) is 28.9. The van der Waals surface area contributed by atoms with Gasteiger partial charge in [-0.2, -0.15) is 0 Å². The lowest BCUT2D eigenvalue weighted by atomic mass is 10.1. The Bertz CT molecular complexity index is 807. The van der Waals surface area contributed by atoms with Gasteiger partial charge in [-0.25, -0.2) is 0 Å². The molecular formula is C16H12O6. The summed E-state index contributed by atoms with van der Waals surface area (Å²) in [6.07, 6.45) is 1.43. The molecule has 112 valence electrons. The Morgan fingerprint density at radius 1 is 1.09 bits per heavy atom. The van der Waals surface area contributed by atoms with E-state index in [9.17, 15) is 20.1 Å². The number of phenols is 3. The lowest BCUT2D eigenvalue weighted by molar-refractivity contribution is 0.101. The van der Waals surface area contributed by atoms with E-state index in [0.717, 1.165) is 6.07 Å². The van der Waals surface area contributed by atoms with Gasteiger partial charge in [0.15, 0.2) is 17.3 Å². The second-order valence-electron chi connectivity index (χ2n) is 4.71. The highest BCUT2D eigenvalue weighted by molar-refractivity contribution is 6.16. The number of ether oxygens (including phenoxy) is 2. The SMILES string of the molecule is COc1ccc(C=C2Oc3cc(O)cc(O)c3C2=O)cc1O. The first kappa shape index (κ1) is 13.8. The number of allylic oxidation sites excluding steroid dienone is 1. The van der Waals surface area contributed by atoms with Crippen LogP contribution in [0.15, 0.2) is 36.1 Å². The zero-order valence-corrected chi connectivity index (χ0v) is 11.5. The number of ketones is 1. The number of hydrogen-bond donors (Lipinski definition) is 3. The fourth-order valence-electron chi connectivity index (χ4n) is 2.23. The Labute approximate surface area is 125 Å². The van der Waals surface area contributed by atoms with Gasteiger partial charge >= 0.3 is 0 Å². The molecule has 1 aliphatic rings. The van der Waals surface area contributed by atoms with Gasteiger partial charge < -0.3 is 24.8 Å². The number of Topliss-reactive ketones (excluding diaryl/α,β-unsaturated/α-hetero) is 1. The van der Waals surface area contributed by atoms with E-state index in [1.807, 2.05) is 0 Å². The molecule has 0 radical (unpaired) electrons. The van der Waals surface area contributed by atoms with Crippen molar-refractivity contribution >= 4 is 11.9 Å². The molecule has 2 aromatic carbocycles. The largest absolute Gasteiger partial charge is 0.508 e. The van der Waals surface area contributed by atoms with Crippen molar-refractivity contribution < 1.29 is 29.6 Å². The highest BCUT2D eigenvalue weighted by Gasteiger charge is 2.31. The highest BCUT2D eigenvalue weighted by atomic mass is 16.5. The third-order valence-electron chi connectivity index (χ3n) is 3.24. The van der Waals surface area contributed by atoms with Gasteiger partial charge in [0.05, 0.1) is 7.11 Å². The van der Waals surface area contributed by atoms with Crippen molar-refractivity contribution in [3.63, 3.8) is 0 Å². The van der Waals surface area contributed by atoms with Crippen LogP contribution in [0.5, 0.6) is 28.7 Å². The number of benzene rings is 2. The molecule has 0 saturated carbocycles. The number of phenolic OH excluding ortho intramolecular Hbond substituents is 3. The fourth-order valence-corrected chi connectivity index (χ4v) is 2.23. The van der Waals surface area contributed by atoms with E-state index >= 15 is 0 Å². The lowest BCUT2D eigenvalue weighted by Crippen LogP contribution is -1.98. The first-order valence-corrected chi connectivity index (χ1v) is 6.37. The molecule has 22 heavy (non-hydrogen) atoms. The van der Waals surface area contributed by atoms with Crippen molar-refractivity contribution in [3.05, 3.63) is 47.2 Å². The second kappa shape index (κ2) is 5.00. The Kier molecular flexibility index (Phi) is 3.14. The van der Waals surface area contributed by atoms with Crippen LogP contribution in [0.2, 0.25) is 0 Å². The lowest BCUT2D eigenvalue weighted by Gasteiger charge is -2.04. The molecule has 0 aliphatic carbocycles. The van der Waals surface area contributed by atoms with E-state index in [1.54, 1.807) is 12.1 Å². The van der Waals surface area contributed by atoms with Gasteiger partial charge in [-0.1, -0.05) is 6.07 Å². The fraction of sp³-hybridized carbons (Fsp3) is 0.0625. The van der Waals surface area contributed by atoms with Crippen LogP contribution in [-0.2, 0) is 0 Å². The normalized spacial score (nSPS) is 14.8. The summed E-state index contributed by atoms with van der Waals surface area (Å²) >= 11 is 0. The minimum atomic E-state index is -0.497. The minimum absolute atomic E-state index is 0.00165. The molecule has 0 unspecified atom stereocenters. The maximum Gasteiger partial charge on any atom is 0.235 e. The molecule has 3 rings (SSSR count). The number of carbonyl (C=O) groups is 1. The summed E-state index contributed by atoms with van der Waals surface area (Å²) in [5.41, 5.74) is 0.528. The number of hydrogen-bond acceptors (Lipinski definition) is 6. The summed E-state index contributed by atoms with van der Waals surface area (Å²) in [5.74, 6) is -0.727. The van der Waals surface area contributed by atoms with Crippen LogP contribution in [0.4, 0.5) is 0 Å². The van der Waals surface area contributed by atoms with Crippen LogP contribution in [0.25, 0.3) is 6.08 Å². The van der Waals surface area contributed by atoms with Crippen molar-refractivity contribution in [2.45, 2.75) is 0 Å². The van der Waals surface area contributed by atoms with Gasteiger partial charge in [0.2, 0.25) is 5.78 Å². The van der Waals surface area contributed by atoms with Crippen molar-refractivity contribution in [2.24, 2.45) is 0 Å². The predicted octanol–water partition coefficient (Wildman–Crippen LogP) is 2.43. The van der Waals surface area contributed by atoms with Crippen LogP contribution >= 0.6 is 0 Å². The molecule has 1 heterocycles. The van der Waals surface area contributed by atoms with E-state index in [1.165, 1.54) is 25.3 Å². The smallest absolute Gasteiger partial charge is 0.235 e. The van der Waals surface area contributed by atoms with E-state index in [2.05, 4.69) is 0 Å². The van der Waals surface area contributed by atoms with Crippen LogP contribution in [0.3, 0.4) is 0 Å². The first-order valence-electron chi connectivity index (χ1n) is 6.37. The molecule has 0 atom stereocenters. The zero-order chi connectivity index (χ0) is 15.9. The molecule has 0 fully saturated rings. The molecule has 0 saturated heterocycles. The second-order valence-corrected chi connectivity index (χ2v) is 4.71. The molecule has 0 amide bonds. The third-order valence-corrected chi connectivity index (χ3v) is 3.24. The number of rotatable bonds is 2. The van der Waals surface area contributed by atoms with E-state index in [4.69, 9.17) is 9.47 Å². The summed E-state index contributed by atoms with van der Waals surface area (Å²) in [6, 6.07) is 6.93. The van der Waals surface area contributed by atoms with Crippen molar-refractivity contribution in [1.82, 2.24) is 0 Å². The molecular weight excluding hydrogens is 288 g/mol. The number of fused-ring (bicyclic) bond motifs is 1. The maximum absolute atomic E-state index is 12.2. The number of methoxy groups -OCH3 is 1. The van der Waals surface area contributed by atoms with Gasteiger partial charge in [-0.3, -0.25) is 4.79 Å². The number of carbonyl (C=O) groups excluding carboxylic acids is 1. The monoisotopic (exact) mass is 300 g/mol. The quantitative estimate of drug-likeness (QED) is 0.737. The van der Waals surface area contributed by atoms with Gasteiger partial charge in [-0.15, -0.1) is 0 Å². The van der Waals surface area contributed by atoms with E-state index in [-0.39, 0.29) is 34.3 Å². The zero-order valence-electron chi connectivity index (χ0n) is 11.5. The van der Waals surface area contributed by atoms with Crippen LogP contribution < -0.4 is 9.47 Å². The Morgan fingerprint density at radius 2 is 1.86 bits per heavy atom. The molecule has 6 nitrogen and oxygen atoms in total.